The number of hydrogen-bond acceptors (Lipinski definition) is 6. The van der Waals surface area contributed by atoms with Crippen LogP contribution in [0, 0.1) is 0 Å². The van der Waals surface area contributed by atoms with Crippen LogP contribution in [0.2, 0.25) is 0 Å². The first-order valence-corrected chi connectivity index (χ1v) is 11.9. The molecule has 0 aromatic heterocycles. The first-order chi connectivity index (χ1) is 15.0. The highest BCUT2D eigenvalue weighted by molar-refractivity contribution is 7.91. The van der Waals surface area contributed by atoms with Crippen molar-refractivity contribution in [1.29, 1.82) is 0 Å². The number of sulfone groups is 1. The SMILES string of the molecule is CCN(CCO)c1ccc(N=Nc2ccc(S(=O)(=O)CC)cc2)c(-c2ccccc2)c1. The van der Waals surface area contributed by atoms with Gasteiger partial charge in [0.15, 0.2) is 9.84 Å². The van der Waals surface area contributed by atoms with Gasteiger partial charge in [-0.25, -0.2) is 8.42 Å². The topological polar surface area (TPSA) is 82.3 Å². The van der Waals surface area contributed by atoms with Crippen LogP contribution in [0.4, 0.5) is 17.1 Å². The first kappa shape index (κ1) is 22.7. The van der Waals surface area contributed by atoms with E-state index in [9.17, 15) is 13.5 Å². The van der Waals surface area contributed by atoms with Crippen LogP contribution in [-0.4, -0.2) is 39.0 Å². The number of rotatable bonds is 9. The van der Waals surface area contributed by atoms with Gasteiger partial charge in [0.1, 0.15) is 0 Å². The van der Waals surface area contributed by atoms with Gasteiger partial charge in [0, 0.05) is 24.3 Å². The fourth-order valence-electron chi connectivity index (χ4n) is 3.25. The van der Waals surface area contributed by atoms with Crippen molar-refractivity contribution in [3.63, 3.8) is 0 Å². The fourth-order valence-corrected chi connectivity index (χ4v) is 4.13. The summed E-state index contributed by atoms with van der Waals surface area (Å²) in [6.45, 7) is 5.09. The zero-order valence-corrected chi connectivity index (χ0v) is 18.6. The Kier molecular flexibility index (Phi) is 7.55. The van der Waals surface area contributed by atoms with Gasteiger partial charge >= 0.3 is 0 Å². The molecule has 0 aliphatic heterocycles. The maximum atomic E-state index is 12.0. The lowest BCUT2D eigenvalue weighted by Gasteiger charge is -2.23. The highest BCUT2D eigenvalue weighted by atomic mass is 32.2. The van der Waals surface area contributed by atoms with Crippen LogP contribution in [0.15, 0.2) is 87.9 Å². The molecule has 1 N–H and O–H groups in total. The fraction of sp³-hybridized carbons (Fsp3) is 0.250. The smallest absolute Gasteiger partial charge is 0.178 e. The van der Waals surface area contributed by atoms with Gasteiger partial charge < -0.3 is 10.0 Å². The normalized spacial score (nSPS) is 11.7. The predicted molar refractivity (Wildman–Crippen MR) is 125 cm³/mol. The van der Waals surface area contributed by atoms with Gasteiger partial charge in [-0.3, -0.25) is 0 Å². The Bertz CT molecular complexity index is 1130. The van der Waals surface area contributed by atoms with Gasteiger partial charge in [0.25, 0.3) is 0 Å². The molecule has 0 aliphatic rings. The Labute approximate surface area is 183 Å². The Morgan fingerprint density at radius 1 is 0.903 bits per heavy atom. The molecular weight excluding hydrogens is 410 g/mol. The standard InChI is InChI=1S/C24H27N3O3S/c1-3-27(16-17-28)21-12-15-24(23(18-21)19-8-6-5-7-9-19)26-25-20-10-13-22(14-11-20)31(29,30)4-2/h5-15,18,28H,3-4,16-17H2,1-2H3. The third kappa shape index (κ3) is 5.57. The summed E-state index contributed by atoms with van der Waals surface area (Å²) in [5.41, 5.74) is 4.24. The maximum absolute atomic E-state index is 12.0. The first-order valence-electron chi connectivity index (χ1n) is 10.3. The highest BCUT2D eigenvalue weighted by Gasteiger charge is 2.12. The number of anilines is 1. The van der Waals surface area contributed by atoms with Crippen LogP contribution in [0.1, 0.15) is 13.8 Å². The van der Waals surface area contributed by atoms with Crippen molar-refractivity contribution in [2.45, 2.75) is 18.7 Å². The summed E-state index contributed by atoms with van der Waals surface area (Å²) in [6.07, 6.45) is 0. The molecule has 0 saturated carbocycles. The lowest BCUT2D eigenvalue weighted by atomic mass is 10.0. The summed E-state index contributed by atoms with van der Waals surface area (Å²) in [6, 6.07) is 22.3. The quantitative estimate of drug-likeness (QED) is 0.456. The molecule has 3 rings (SSSR count). The molecule has 3 aromatic rings. The van der Waals surface area contributed by atoms with E-state index in [1.807, 2.05) is 49.4 Å². The van der Waals surface area contributed by atoms with Crippen molar-refractivity contribution >= 4 is 26.9 Å². The summed E-state index contributed by atoms with van der Waals surface area (Å²) < 4.78 is 24.0. The molecule has 3 aromatic carbocycles. The van der Waals surface area contributed by atoms with Crippen molar-refractivity contribution in [1.82, 2.24) is 0 Å². The second-order valence-electron chi connectivity index (χ2n) is 6.97. The molecule has 0 heterocycles. The van der Waals surface area contributed by atoms with Crippen LogP contribution in [-0.2, 0) is 9.84 Å². The number of nitrogens with zero attached hydrogens (tertiary/aromatic N) is 3. The Morgan fingerprint density at radius 3 is 2.23 bits per heavy atom. The molecule has 0 radical (unpaired) electrons. The van der Waals surface area contributed by atoms with Gasteiger partial charge in [-0.15, -0.1) is 5.11 Å². The number of aliphatic hydroxyl groups excluding tert-OH is 1. The van der Waals surface area contributed by atoms with E-state index < -0.39 is 9.84 Å². The Balaban J connectivity index is 1.96. The van der Waals surface area contributed by atoms with Crippen molar-refractivity contribution in [2.24, 2.45) is 10.2 Å². The summed E-state index contributed by atoms with van der Waals surface area (Å²) in [5, 5.41) is 18.1. The van der Waals surface area contributed by atoms with Gasteiger partial charge in [0.05, 0.1) is 28.6 Å². The summed E-state index contributed by atoms with van der Waals surface area (Å²) in [4.78, 5) is 2.38. The van der Waals surface area contributed by atoms with Crippen LogP contribution in [0.5, 0.6) is 0 Å². The van der Waals surface area contributed by atoms with E-state index in [4.69, 9.17) is 0 Å². The van der Waals surface area contributed by atoms with E-state index in [-0.39, 0.29) is 17.3 Å². The number of benzene rings is 3. The summed E-state index contributed by atoms with van der Waals surface area (Å²) in [5.74, 6) is 0.0612. The van der Waals surface area contributed by atoms with Crippen molar-refractivity contribution in [3.05, 3.63) is 72.8 Å². The number of aliphatic hydroxyl groups is 1. The molecule has 6 nitrogen and oxygen atoms in total. The molecule has 162 valence electrons. The Hall–Kier alpha value is -3.03. The Morgan fingerprint density at radius 2 is 1.61 bits per heavy atom. The van der Waals surface area contributed by atoms with Crippen molar-refractivity contribution in [3.8, 4) is 11.1 Å². The van der Waals surface area contributed by atoms with Crippen LogP contribution in [0.3, 0.4) is 0 Å². The zero-order valence-electron chi connectivity index (χ0n) is 17.8. The maximum Gasteiger partial charge on any atom is 0.178 e. The average molecular weight is 438 g/mol. The molecule has 7 heteroatoms. The number of hydrogen-bond donors (Lipinski definition) is 1. The molecule has 0 aliphatic carbocycles. The third-order valence-corrected chi connectivity index (χ3v) is 6.78. The summed E-state index contributed by atoms with van der Waals surface area (Å²) in [7, 11) is -3.24. The molecule has 0 bridgehead atoms. The van der Waals surface area contributed by atoms with Crippen LogP contribution >= 0.6 is 0 Å². The van der Waals surface area contributed by atoms with E-state index in [0.717, 1.165) is 23.4 Å². The molecule has 31 heavy (non-hydrogen) atoms. The predicted octanol–water partition coefficient (Wildman–Crippen LogP) is 5.38. The highest BCUT2D eigenvalue weighted by Crippen LogP contribution is 2.35. The minimum Gasteiger partial charge on any atom is -0.395 e. The van der Waals surface area contributed by atoms with Crippen LogP contribution in [0.25, 0.3) is 11.1 Å². The lowest BCUT2D eigenvalue weighted by molar-refractivity contribution is 0.302. The second-order valence-corrected chi connectivity index (χ2v) is 9.25. The van der Waals surface area contributed by atoms with Crippen LogP contribution < -0.4 is 4.90 Å². The minimum absolute atomic E-state index is 0.0612. The van der Waals surface area contributed by atoms with E-state index in [1.165, 1.54) is 0 Å². The zero-order chi connectivity index (χ0) is 22.3. The molecule has 0 amide bonds. The van der Waals surface area contributed by atoms with Crippen molar-refractivity contribution < 1.29 is 13.5 Å². The number of likely N-dealkylation sites (N-methyl/N-ethyl adjacent to an activating group) is 1. The van der Waals surface area contributed by atoms with Crippen molar-refractivity contribution in [2.75, 3.05) is 30.3 Å². The molecule has 0 fully saturated rings. The third-order valence-electron chi connectivity index (χ3n) is 5.03. The molecule has 0 spiro atoms. The van der Waals surface area contributed by atoms with Gasteiger partial charge in [0.2, 0.25) is 0 Å². The van der Waals surface area contributed by atoms with Gasteiger partial charge in [-0.1, -0.05) is 37.3 Å². The minimum atomic E-state index is -3.24. The lowest BCUT2D eigenvalue weighted by Crippen LogP contribution is -2.26. The number of azo groups is 1. The largest absolute Gasteiger partial charge is 0.395 e. The second kappa shape index (κ2) is 10.3. The van der Waals surface area contributed by atoms with E-state index >= 15 is 0 Å². The molecule has 0 saturated heterocycles. The monoisotopic (exact) mass is 437 g/mol. The van der Waals surface area contributed by atoms with Gasteiger partial charge in [-0.05, 0) is 55.0 Å². The molecular formula is C24H27N3O3S. The summed E-state index contributed by atoms with van der Waals surface area (Å²) >= 11 is 0. The molecule has 0 unspecified atom stereocenters. The average Bonchev–Trinajstić information content (AvgIpc) is 2.82. The van der Waals surface area contributed by atoms with E-state index in [2.05, 4.69) is 21.2 Å². The van der Waals surface area contributed by atoms with E-state index in [0.29, 0.717) is 17.9 Å². The molecule has 0 atom stereocenters. The van der Waals surface area contributed by atoms with E-state index in [1.54, 1.807) is 31.2 Å². The van der Waals surface area contributed by atoms with Gasteiger partial charge in [-0.2, -0.15) is 5.11 Å².